The summed E-state index contributed by atoms with van der Waals surface area (Å²) in [6.07, 6.45) is -0.660. The first kappa shape index (κ1) is 16.5. The zero-order valence-corrected chi connectivity index (χ0v) is 13.7. The molecule has 1 heterocycles. The van der Waals surface area contributed by atoms with Crippen molar-refractivity contribution >= 4 is 11.8 Å². The zero-order chi connectivity index (χ0) is 16.3. The second-order valence-corrected chi connectivity index (χ2v) is 5.83. The second kappa shape index (κ2) is 6.92. The SMILES string of the molecule is CCN(C)C(=O)[C@H]1OCC(=O)N(C(C)C)[C@@H]1c1ccccc1. The van der Waals surface area contributed by atoms with Crippen LogP contribution in [0.25, 0.3) is 0 Å². The molecule has 22 heavy (non-hydrogen) atoms. The summed E-state index contributed by atoms with van der Waals surface area (Å²) < 4.78 is 5.64. The Kier molecular flexibility index (Phi) is 5.19. The van der Waals surface area contributed by atoms with Crippen LogP contribution in [0.4, 0.5) is 0 Å². The largest absolute Gasteiger partial charge is 0.356 e. The average molecular weight is 304 g/mol. The molecule has 0 aromatic heterocycles. The van der Waals surface area contributed by atoms with Crippen molar-refractivity contribution in [2.24, 2.45) is 0 Å². The third kappa shape index (κ3) is 3.14. The number of hydrogen-bond donors (Lipinski definition) is 0. The summed E-state index contributed by atoms with van der Waals surface area (Å²) in [7, 11) is 1.75. The Labute approximate surface area is 131 Å². The van der Waals surface area contributed by atoms with Crippen molar-refractivity contribution in [3.05, 3.63) is 35.9 Å². The predicted molar refractivity (Wildman–Crippen MR) is 84.2 cm³/mol. The van der Waals surface area contributed by atoms with Gasteiger partial charge in [-0.25, -0.2) is 0 Å². The Morgan fingerprint density at radius 3 is 2.55 bits per heavy atom. The molecule has 0 saturated carbocycles. The van der Waals surface area contributed by atoms with Crippen molar-refractivity contribution < 1.29 is 14.3 Å². The Bertz CT molecular complexity index is 530. The lowest BCUT2D eigenvalue weighted by molar-refractivity contribution is -0.171. The second-order valence-electron chi connectivity index (χ2n) is 5.83. The van der Waals surface area contributed by atoms with E-state index in [0.717, 1.165) is 5.56 Å². The molecule has 1 aromatic rings. The fraction of sp³-hybridized carbons (Fsp3) is 0.529. The lowest BCUT2D eigenvalue weighted by Gasteiger charge is -2.43. The van der Waals surface area contributed by atoms with Crippen LogP contribution in [0.1, 0.15) is 32.4 Å². The van der Waals surface area contributed by atoms with Gasteiger partial charge in [-0.1, -0.05) is 30.3 Å². The number of likely N-dealkylation sites (N-methyl/N-ethyl adjacent to an activating group) is 1. The molecule has 2 atom stereocenters. The van der Waals surface area contributed by atoms with Gasteiger partial charge in [0.15, 0.2) is 6.10 Å². The molecule has 5 heteroatoms. The van der Waals surface area contributed by atoms with E-state index in [1.807, 2.05) is 51.1 Å². The molecule has 0 aliphatic carbocycles. The van der Waals surface area contributed by atoms with Gasteiger partial charge in [0.05, 0.1) is 6.04 Å². The highest BCUT2D eigenvalue weighted by Crippen LogP contribution is 2.32. The van der Waals surface area contributed by atoms with E-state index >= 15 is 0 Å². The van der Waals surface area contributed by atoms with Crippen LogP contribution in [0.2, 0.25) is 0 Å². The number of morpholine rings is 1. The Hall–Kier alpha value is -1.88. The Morgan fingerprint density at radius 2 is 2.00 bits per heavy atom. The first-order chi connectivity index (χ1) is 10.5. The van der Waals surface area contributed by atoms with Crippen LogP contribution in [0, 0.1) is 0 Å². The summed E-state index contributed by atoms with van der Waals surface area (Å²) in [5.41, 5.74) is 0.923. The Balaban J connectivity index is 2.43. The van der Waals surface area contributed by atoms with E-state index in [2.05, 4.69) is 0 Å². The van der Waals surface area contributed by atoms with Gasteiger partial charge < -0.3 is 14.5 Å². The van der Waals surface area contributed by atoms with Crippen LogP contribution in [0.5, 0.6) is 0 Å². The van der Waals surface area contributed by atoms with Gasteiger partial charge in [-0.3, -0.25) is 9.59 Å². The Morgan fingerprint density at radius 1 is 1.36 bits per heavy atom. The van der Waals surface area contributed by atoms with Crippen LogP contribution in [-0.4, -0.2) is 54.0 Å². The van der Waals surface area contributed by atoms with Gasteiger partial charge in [0.1, 0.15) is 6.61 Å². The fourth-order valence-electron chi connectivity index (χ4n) is 2.80. The van der Waals surface area contributed by atoms with Crippen molar-refractivity contribution in [3.63, 3.8) is 0 Å². The highest BCUT2D eigenvalue weighted by Gasteiger charge is 2.43. The van der Waals surface area contributed by atoms with Crippen molar-refractivity contribution in [2.45, 2.75) is 39.0 Å². The molecule has 2 amide bonds. The van der Waals surface area contributed by atoms with E-state index in [4.69, 9.17) is 4.74 Å². The quantitative estimate of drug-likeness (QED) is 0.853. The summed E-state index contributed by atoms with van der Waals surface area (Å²) >= 11 is 0. The average Bonchev–Trinajstić information content (AvgIpc) is 2.53. The molecule has 1 saturated heterocycles. The highest BCUT2D eigenvalue weighted by atomic mass is 16.5. The van der Waals surface area contributed by atoms with Crippen molar-refractivity contribution in [1.82, 2.24) is 9.80 Å². The van der Waals surface area contributed by atoms with Crippen LogP contribution >= 0.6 is 0 Å². The van der Waals surface area contributed by atoms with E-state index in [-0.39, 0.29) is 30.5 Å². The van der Waals surface area contributed by atoms with Gasteiger partial charge in [-0.05, 0) is 26.3 Å². The molecule has 1 aromatic carbocycles. The monoisotopic (exact) mass is 304 g/mol. The molecule has 1 aliphatic rings. The number of amides is 2. The van der Waals surface area contributed by atoms with Crippen molar-refractivity contribution in [1.29, 1.82) is 0 Å². The molecule has 120 valence electrons. The van der Waals surface area contributed by atoms with E-state index in [1.165, 1.54) is 0 Å². The molecule has 0 bridgehead atoms. The lowest BCUT2D eigenvalue weighted by Crippen LogP contribution is -2.56. The standard InChI is InChI=1S/C17H24N2O3/c1-5-18(4)17(21)16-15(13-9-7-6-8-10-13)19(12(2)3)14(20)11-22-16/h6-10,12,15-16H,5,11H2,1-4H3/t15-,16+/m1/s1. The van der Waals surface area contributed by atoms with E-state index in [0.29, 0.717) is 6.54 Å². The summed E-state index contributed by atoms with van der Waals surface area (Å²) in [4.78, 5) is 28.4. The molecular formula is C17H24N2O3. The van der Waals surface area contributed by atoms with Crippen LogP contribution in [-0.2, 0) is 14.3 Å². The molecule has 1 fully saturated rings. The molecule has 1 aliphatic heterocycles. The van der Waals surface area contributed by atoms with E-state index in [9.17, 15) is 9.59 Å². The van der Waals surface area contributed by atoms with Gasteiger partial charge in [0.2, 0.25) is 5.91 Å². The van der Waals surface area contributed by atoms with Gasteiger partial charge in [0, 0.05) is 19.6 Å². The normalized spacial score (nSPS) is 22.0. The highest BCUT2D eigenvalue weighted by molar-refractivity contribution is 5.86. The predicted octanol–water partition coefficient (Wildman–Crippen LogP) is 1.84. The summed E-state index contributed by atoms with van der Waals surface area (Å²) in [5.74, 6) is -0.165. The minimum atomic E-state index is -0.660. The third-order valence-electron chi connectivity index (χ3n) is 4.05. The maximum atomic E-state index is 12.7. The maximum absolute atomic E-state index is 12.7. The molecular weight excluding hydrogens is 280 g/mol. The number of carbonyl (C=O) groups is 2. The lowest BCUT2D eigenvalue weighted by atomic mass is 9.95. The number of nitrogens with zero attached hydrogens (tertiary/aromatic N) is 2. The summed E-state index contributed by atoms with van der Waals surface area (Å²) in [6.45, 7) is 6.41. The number of rotatable bonds is 4. The third-order valence-corrected chi connectivity index (χ3v) is 4.05. The number of benzene rings is 1. The van der Waals surface area contributed by atoms with Crippen LogP contribution in [0.15, 0.2) is 30.3 Å². The molecule has 0 unspecified atom stereocenters. The number of hydrogen-bond acceptors (Lipinski definition) is 3. The van der Waals surface area contributed by atoms with Gasteiger partial charge >= 0.3 is 0 Å². The van der Waals surface area contributed by atoms with Gasteiger partial charge in [0.25, 0.3) is 5.91 Å². The van der Waals surface area contributed by atoms with Crippen molar-refractivity contribution in [3.8, 4) is 0 Å². The van der Waals surface area contributed by atoms with Crippen LogP contribution in [0.3, 0.4) is 0 Å². The summed E-state index contributed by atoms with van der Waals surface area (Å²) in [5, 5.41) is 0. The molecule has 0 N–H and O–H groups in total. The molecule has 5 nitrogen and oxygen atoms in total. The van der Waals surface area contributed by atoms with Gasteiger partial charge in [-0.2, -0.15) is 0 Å². The van der Waals surface area contributed by atoms with E-state index < -0.39 is 6.10 Å². The molecule has 2 rings (SSSR count). The smallest absolute Gasteiger partial charge is 0.253 e. The first-order valence-electron chi connectivity index (χ1n) is 7.70. The number of carbonyl (C=O) groups excluding carboxylic acids is 2. The van der Waals surface area contributed by atoms with E-state index in [1.54, 1.807) is 16.8 Å². The first-order valence-corrected chi connectivity index (χ1v) is 7.70. The van der Waals surface area contributed by atoms with Crippen molar-refractivity contribution in [2.75, 3.05) is 20.2 Å². The summed E-state index contributed by atoms with van der Waals surface area (Å²) in [6, 6.07) is 9.25. The fourth-order valence-corrected chi connectivity index (χ4v) is 2.80. The minimum absolute atomic E-state index is 0.00355. The topological polar surface area (TPSA) is 49.9 Å². The molecule has 0 radical (unpaired) electrons. The number of ether oxygens (including phenoxy) is 1. The van der Waals surface area contributed by atoms with Gasteiger partial charge in [-0.15, -0.1) is 0 Å². The van der Waals surface area contributed by atoms with Crippen LogP contribution < -0.4 is 0 Å². The minimum Gasteiger partial charge on any atom is -0.356 e. The zero-order valence-electron chi connectivity index (χ0n) is 13.7. The maximum Gasteiger partial charge on any atom is 0.253 e. The molecule has 0 spiro atoms.